The largest absolute Gasteiger partial charge is 0.492 e. The molecule has 0 unspecified atom stereocenters. The van der Waals surface area contributed by atoms with Crippen LogP contribution in [0.4, 0.5) is 0 Å². The summed E-state index contributed by atoms with van der Waals surface area (Å²) in [6.45, 7) is 2.88. The van der Waals surface area contributed by atoms with Crippen molar-refractivity contribution in [3.05, 3.63) is 17.5 Å². The van der Waals surface area contributed by atoms with E-state index in [0.717, 1.165) is 18.5 Å². The SMILES string of the molecule is CCCCCCCCCCCCCCCCCCOc1cc(ON=NN=NN=NN=NC)c(CS)nc1CS. The molecule has 0 saturated carbocycles. The van der Waals surface area contributed by atoms with Crippen LogP contribution in [0.5, 0.6) is 11.5 Å². The van der Waals surface area contributed by atoms with Crippen molar-refractivity contribution in [1.29, 1.82) is 0 Å². The van der Waals surface area contributed by atoms with E-state index in [2.05, 4.69) is 78.9 Å². The van der Waals surface area contributed by atoms with Crippen molar-refractivity contribution in [2.75, 3.05) is 13.7 Å². The summed E-state index contributed by atoms with van der Waals surface area (Å²) in [5.74, 6) is 1.77. The van der Waals surface area contributed by atoms with Gasteiger partial charge in [-0.3, -0.25) is 0 Å². The fourth-order valence-electron chi connectivity index (χ4n) is 4.01. The van der Waals surface area contributed by atoms with Gasteiger partial charge in [-0.05, 0) is 22.1 Å². The van der Waals surface area contributed by atoms with Gasteiger partial charge in [-0.1, -0.05) is 103 Å². The zero-order chi connectivity index (χ0) is 28.2. The first-order chi connectivity index (χ1) is 19.3. The second kappa shape index (κ2) is 26.1. The standard InChI is InChI=1S/C26H47N9O2S2/c1-3-4-5-6-7-8-9-10-11-12-13-14-15-16-17-18-19-36-25-20-26(24(22-39)28-23(25)21-38)37-35-34-33-32-31-30-29-27-2/h20,38-39H,3-19,21-22H2,1-2H3. The smallest absolute Gasteiger partial charge is 0.185 e. The van der Waals surface area contributed by atoms with E-state index in [1.807, 2.05) is 0 Å². The summed E-state index contributed by atoms with van der Waals surface area (Å²) in [6, 6.07) is 1.73. The molecule has 39 heavy (non-hydrogen) atoms. The number of nitrogens with zero attached hydrogens (tertiary/aromatic N) is 9. The molecule has 0 bridgehead atoms. The van der Waals surface area contributed by atoms with Crippen molar-refractivity contribution in [1.82, 2.24) is 4.98 Å². The Morgan fingerprint density at radius 2 is 1.08 bits per heavy atom. The summed E-state index contributed by atoms with van der Waals surface area (Å²) in [7, 11) is 1.45. The molecule has 0 amide bonds. The highest BCUT2D eigenvalue weighted by Gasteiger charge is 2.13. The van der Waals surface area contributed by atoms with E-state index in [-0.39, 0.29) is 0 Å². The molecule has 0 saturated heterocycles. The Balaban J connectivity index is 2.22. The third kappa shape index (κ3) is 18.7. The lowest BCUT2D eigenvalue weighted by Gasteiger charge is -2.13. The molecule has 220 valence electrons. The van der Waals surface area contributed by atoms with Gasteiger partial charge in [0.25, 0.3) is 0 Å². The van der Waals surface area contributed by atoms with Crippen molar-refractivity contribution >= 4 is 25.3 Å². The van der Waals surface area contributed by atoms with Crippen LogP contribution in [0, 0.1) is 0 Å². The van der Waals surface area contributed by atoms with Gasteiger partial charge in [-0.2, -0.15) is 30.4 Å². The van der Waals surface area contributed by atoms with Gasteiger partial charge in [0.1, 0.15) is 5.75 Å². The van der Waals surface area contributed by atoms with Crippen LogP contribution in [0.3, 0.4) is 0 Å². The highest BCUT2D eigenvalue weighted by Crippen LogP contribution is 2.29. The highest BCUT2D eigenvalue weighted by atomic mass is 32.1. The van der Waals surface area contributed by atoms with Crippen molar-refractivity contribution in [3.8, 4) is 11.5 Å². The third-order valence-corrected chi connectivity index (χ3v) is 6.72. The van der Waals surface area contributed by atoms with Gasteiger partial charge in [0, 0.05) is 33.2 Å². The minimum Gasteiger partial charge on any atom is -0.492 e. The summed E-state index contributed by atoms with van der Waals surface area (Å²) in [5, 5.41) is 26.5. The van der Waals surface area contributed by atoms with Gasteiger partial charge in [0.15, 0.2) is 5.75 Å². The molecule has 0 aliphatic carbocycles. The predicted octanol–water partition coefficient (Wildman–Crippen LogP) is 10.1. The average Bonchev–Trinajstić information content (AvgIpc) is 2.96. The Morgan fingerprint density at radius 1 is 0.615 bits per heavy atom. The van der Waals surface area contributed by atoms with Gasteiger partial charge in [-0.25, -0.2) is 4.98 Å². The molecule has 1 aromatic rings. The van der Waals surface area contributed by atoms with Crippen molar-refractivity contribution < 1.29 is 9.57 Å². The molecule has 1 rings (SSSR count). The number of aromatic nitrogens is 1. The molecule has 13 heteroatoms. The van der Waals surface area contributed by atoms with E-state index in [0.29, 0.717) is 35.3 Å². The van der Waals surface area contributed by atoms with E-state index in [9.17, 15) is 0 Å². The number of thiol groups is 2. The molecule has 0 radical (unpaired) electrons. The number of ether oxygens (including phenoxy) is 1. The number of unbranched alkanes of at least 4 members (excludes halogenated alkanes) is 15. The zero-order valence-electron chi connectivity index (χ0n) is 23.7. The van der Waals surface area contributed by atoms with Crippen molar-refractivity contribution in [2.24, 2.45) is 41.7 Å². The molecule has 0 aliphatic rings. The zero-order valence-corrected chi connectivity index (χ0v) is 25.5. The minimum absolute atomic E-state index is 0.350. The Morgan fingerprint density at radius 3 is 1.59 bits per heavy atom. The van der Waals surface area contributed by atoms with Gasteiger partial charge < -0.3 is 9.57 Å². The van der Waals surface area contributed by atoms with Crippen LogP contribution in [0.15, 0.2) is 47.8 Å². The van der Waals surface area contributed by atoms with Gasteiger partial charge in [-0.15, -0.1) is 0 Å². The fourth-order valence-corrected chi connectivity index (χ4v) is 4.46. The van der Waals surface area contributed by atoms with Crippen LogP contribution in [-0.2, 0) is 11.5 Å². The van der Waals surface area contributed by atoms with E-state index >= 15 is 0 Å². The lowest BCUT2D eigenvalue weighted by Crippen LogP contribution is -2.04. The molecule has 0 atom stereocenters. The number of rotatable bonds is 25. The minimum atomic E-state index is 0.350. The Labute approximate surface area is 245 Å². The quantitative estimate of drug-likeness (QED) is 0.0515. The number of pyridine rings is 1. The second-order valence-electron chi connectivity index (χ2n) is 9.26. The van der Waals surface area contributed by atoms with Gasteiger partial charge in [0.2, 0.25) is 0 Å². The summed E-state index contributed by atoms with van der Waals surface area (Å²) in [5.41, 5.74) is 1.32. The Bertz CT molecular complexity index is 855. The van der Waals surface area contributed by atoms with Crippen molar-refractivity contribution in [3.63, 3.8) is 0 Å². The van der Waals surface area contributed by atoms with Crippen LogP contribution < -0.4 is 9.57 Å². The lowest BCUT2D eigenvalue weighted by atomic mass is 10.0. The predicted molar refractivity (Wildman–Crippen MR) is 161 cm³/mol. The van der Waals surface area contributed by atoms with Crippen LogP contribution in [0.2, 0.25) is 0 Å². The normalized spacial score (nSPS) is 12.1. The molecule has 11 nitrogen and oxygen atoms in total. The summed E-state index contributed by atoms with van der Waals surface area (Å²) in [4.78, 5) is 9.85. The van der Waals surface area contributed by atoms with Crippen LogP contribution in [-0.4, -0.2) is 18.6 Å². The topological polar surface area (TPSA) is 130 Å². The maximum Gasteiger partial charge on any atom is 0.185 e. The Kier molecular flexibility index (Phi) is 23.3. The first-order valence-electron chi connectivity index (χ1n) is 14.3. The molecule has 0 aromatic carbocycles. The number of hydrogen-bond acceptors (Lipinski definition) is 7. The van der Waals surface area contributed by atoms with Crippen LogP contribution in [0.1, 0.15) is 121 Å². The number of hydrogen-bond donors (Lipinski definition) is 2. The molecular weight excluding hydrogens is 534 g/mol. The third-order valence-electron chi connectivity index (χ3n) is 6.12. The highest BCUT2D eigenvalue weighted by molar-refractivity contribution is 7.79. The summed E-state index contributed by atoms with van der Waals surface area (Å²) >= 11 is 8.69. The second-order valence-corrected chi connectivity index (χ2v) is 9.89. The molecule has 1 heterocycles. The molecule has 0 aliphatic heterocycles. The van der Waals surface area contributed by atoms with E-state index in [4.69, 9.17) is 9.57 Å². The molecular formula is C26H47N9O2S2. The maximum atomic E-state index is 5.99. The summed E-state index contributed by atoms with van der Waals surface area (Å²) in [6.07, 6.45) is 21.4. The monoisotopic (exact) mass is 581 g/mol. The molecule has 0 fully saturated rings. The van der Waals surface area contributed by atoms with Crippen molar-refractivity contribution in [2.45, 2.75) is 121 Å². The van der Waals surface area contributed by atoms with Crippen LogP contribution >= 0.6 is 25.3 Å². The molecule has 0 N–H and O–H groups in total. The average molecular weight is 582 g/mol. The first kappa shape index (κ1) is 34.9. The molecule has 1 aromatic heterocycles. The van der Waals surface area contributed by atoms with E-state index in [1.165, 1.54) is 96.9 Å². The fraction of sp³-hybridized carbons (Fsp3) is 0.808. The molecule has 0 spiro atoms. The Hall–Kier alpha value is -2.15. The maximum absolute atomic E-state index is 5.99. The van der Waals surface area contributed by atoms with Gasteiger partial charge >= 0.3 is 0 Å². The van der Waals surface area contributed by atoms with E-state index in [1.54, 1.807) is 6.07 Å². The van der Waals surface area contributed by atoms with Gasteiger partial charge in [0.05, 0.1) is 30.3 Å². The lowest BCUT2D eigenvalue weighted by molar-refractivity contribution is 0.283. The van der Waals surface area contributed by atoms with E-state index < -0.39 is 0 Å². The summed E-state index contributed by atoms with van der Waals surface area (Å²) < 4.78 is 5.99. The van der Waals surface area contributed by atoms with Crippen LogP contribution in [0.25, 0.3) is 0 Å². The first-order valence-corrected chi connectivity index (χ1v) is 15.6.